The van der Waals surface area contributed by atoms with Crippen LogP contribution in [0.15, 0.2) is 72.8 Å². The maximum absolute atomic E-state index is 13.4. The smallest absolute Gasteiger partial charge is 0.269 e. The molecule has 1 N–H and O–H groups in total. The summed E-state index contributed by atoms with van der Waals surface area (Å²) in [6.07, 6.45) is 0.400. The Hall–Kier alpha value is -4.44. The Morgan fingerprint density at radius 2 is 1.77 bits per heavy atom. The van der Waals surface area contributed by atoms with Crippen molar-refractivity contribution in [3.05, 3.63) is 99.6 Å². The number of rotatable bonds is 10. The van der Waals surface area contributed by atoms with E-state index in [0.717, 1.165) is 23.4 Å². The van der Waals surface area contributed by atoms with Gasteiger partial charge in [0.05, 0.1) is 4.92 Å². The molecule has 1 saturated heterocycles. The minimum absolute atomic E-state index is 0.0114. The van der Waals surface area contributed by atoms with Crippen molar-refractivity contribution in [3.8, 4) is 0 Å². The maximum Gasteiger partial charge on any atom is 0.269 e. The van der Waals surface area contributed by atoms with Gasteiger partial charge in [0.15, 0.2) is 0 Å². The van der Waals surface area contributed by atoms with E-state index in [1.165, 1.54) is 12.1 Å². The molecule has 3 aromatic rings. The Bertz CT molecular complexity index is 1370. The molecule has 0 aliphatic carbocycles. The first-order valence-corrected chi connectivity index (χ1v) is 13.6. The number of fused-ring (bicyclic) bond motifs is 1. The second kappa shape index (κ2) is 12.2. The minimum atomic E-state index is -0.410. The Morgan fingerprint density at radius 1 is 1.02 bits per heavy atom. The second-order valence-corrected chi connectivity index (χ2v) is 9.82. The van der Waals surface area contributed by atoms with E-state index in [1.807, 2.05) is 65.3 Å². The Balaban J connectivity index is 1.25. The molecule has 40 heavy (non-hydrogen) atoms. The number of non-ortho nitro benzene ring substituents is 1. The van der Waals surface area contributed by atoms with E-state index in [9.17, 15) is 19.7 Å². The third kappa shape index (κ3) is 5.76. The van der Waals surface area contributed by atoms with Crippen LogP contribution in [0.4, 0.5) is 17.1 Å². The molecule has 2 aliphatic rings. The number of nitro groups is 1. The van der Waals surface area contributed by atoms with Crippen LogP contribution in [0, 0.1) is 10.1 Å². The molecule has 208 valence electrons. The van der Waals surface area contributed by atoms with E-state index in [2.05, 4.69) is 10.2 Å². The number of carbonyl (C=O) groups is 2. The predicted octanol–water partition coefficient (Wildman–Crippen LogP) is 4.55. The van der Waals surface area contributed by atoms with E-state index in [0.29, 0.717) is 57.1 Å². The first kappa shape index (κ1) is 27.1. The van der Waals surface area contributed by atoms with E-state index in [4.69, 9.17) is 4.74 Å². The summed E-state index contributed by atoms with van der Waals surface area (Å²) < 4.78 is 5.48. The molecule has 1 fully saturated rings. The number of hydrogen-bond donors (Lipinski definition) is 1. The van der Waals surface area contributed by atoms with Gasteiger partial charge in [-0.1, -0.05) is 24.3 Å². The fraction of sp³-hybridized carbons (Fsp3) is 0.333. The third-order valence-electron chi connectivity index (χ3n) is 7.36. The average Bonchev–Trinajstić information content (AvgIpc) is 3.25. The molecular weight excluding hydrogens is 510 g/mol. The SMILES string of the molecule is CCOCCCN1C(=O)c2ccccc2C1Nc1cccc(C(=O)N2CCN(c3ccc([N+](=O)[O-])cc3)CC2)c1. The Labute approximate surface area is 233 Å². The number of piperazine rings is 1. The van der Waals surface area contributed by atoms with E-state index in [1.54, 1.807) is 12.1 Å². The molecule has 2 heterocycles. The lowest BCUT2D eigenvalue weighted by atomic mass is 10.1. The number of ether oxygens (including phenoxy) is 1. The van der Waals surface area contributed by atoms with Gasteiger partial charge in [-0.3, -0.25) is 19.7 Å². The monoisotopic (exact) mass is 543 g/mol. The number of benzene rings is 3. The van der Waals surface area contributed by atoms with Crippen LogP contribution < -0.4 is 10.2 Å². The molecular formula is C30H33N5O5. The number of carbonyl (C=O) groups excluding carboxylic acids is 2. The largest absolute Gasteiger partial charge is 0.382 e. The lowest BCUT2D eigenvalue weighted by Crippen LogP contribution is -2.48. The molecule has 10 heteroatoms. The summed E-state index contributed by atoms with van der Waals surface area (Å²) in [5, 5.41) is 14.4. The standard InChI is InChI=1S/C30H33N5O5/c1-2-40-20-6-15-34-28(26-9-3-4-10-27(26)30(34)37)31-23-8-5-7-22(21-23)29(36)33-18-16-32(17-19-33)24-11-13-25(14-12-24)35(38)39/h3-5,7-14,21,28,31H,2,6,15-20H2,1H3. The first-order valence-electron chi connectivity index (χ1n) is 13.6. The van der Waals surface area contributed by atoms with Gasteiger partial charge in [-0.05, 0) is 49.7 Å². The topological polar surface area (TPSA) is 108 Å². The van der Waals surface area contributed by atoms with Crippen molar-refractivity contribution >= 4 is 28.9 Å². The van der Waals surface area contributed by atoms with Gasteiger partial charge in [0.2, 0.25) is 0 Å². The summed E-state index contributed by atoms with van der Waals surface area (Å²) in [6, 6.07) is 21.5. The van der Waals surface area contributed by atoms with Gasteiger partial charge in [0, 0.05) is 86.1 Å². The molecule has 2 amide bonds. The molecule has 0 radical (unpaired) electrons. The maximum atomic E-state index is 13.4. The van der Waals surface area contributed by atoms with Crippen LogP contribution in [0.3, 0.4) is 0 Å². The number of anilines is 2. The van der Waals surface area contributed by atoms with E-state index in [-0.39, 0.29) is 23.7 Å². The van der Waals surface area contributed by atoms with Gasteiger partial charge in [-0.25, -0.2) is 0 Å². The predicted molar refractivity (Wildman–Crippen MR) is 153 cm³/mol. The molecule has 3 aromatic carbocycles. The number of amides is 2. The number of nitrogens with zero attached hydrogens (tertiary/aromatic N) is 4. The molecule has 1 atom stereocenters. The quantitative estimate of drug-likeness (QED) is 0.227. The lowest BCUT2D eigenvalue weighted by molar-refractivity contribution is -0.384. The van der Waals surface area contributed by atoms with E-state index >= 15 is 0 Å². The van der Waals surface area contributed by atoms with E-state index < -0.39 is 4.92 Å². The molecule has 0 aromatic heterocycles. The summed E-state index contributed by atoms with van der Waals surface area (Å²) in [6.45, 7) is 6.11. The zero-order chi connectivity index (χ0) is 28.1. The summed E-state index contributed by atoms with van der Waals surface area (Å²) in [5.74, 6) is -0.0637. The van der Waals surface area contributed by atoms with Gasteiger partial charge >= 0.3 is 0 Å². The molecule has 10 nitrogen and oxygen atoms in total. The van der Waals surface area contributed by atoms with Gasteiger partial charge in [-0.2, -0.15) is 0 Å². The van der Waals surface area contributed by atoms with Crippen LogP contribution >= 0.6 is 0 Å². The first-order chi connectivity index (χ1) is 19.5. The zero-order valence-corrected chi connectivity index (χ0v) is 22.5. The molecule has 0 spiro atoms. The highest BCUT2D eigenvalue weighted by Crippen LogP contribution is 2.34. The van der Waals surface area contributed by atoms with Gasteiger partial charge < -0.3 is 24.8 Å². The van der Waals surface area contributed by atoms with Gasteiger partial charge in [-0.15, -0.1) is 0 Å². The fourth-order valence-corrected chi connectivity index (χ4v) is 5.27. The molecule has 0 saturated carbocycles. The highest BCUT2D eigenvalue weighted by atomic mass is 16.6. The van der Waals surface area contributed by atoms with Crippen molar-refractivity contribution in [3.63, 3.8) is 0 Å². The summed E-state index contributed by atoms with van der Waals surface area (Å²) in [4.78, 5) is 42.9. The van der Waals surface area contributed by atoms with Crippen LogP contribution in [-0.4, -0.2) is 72.5 Å². The van der Waals surface area contributed by atoms with Crippen molar-refractivity contribution in [2.45, 2.75) is 19.5 Å². The number of hydrogen-bond acceptors (Lipinski definition) is 7. The van der Waals surface area contributed by atoms with Crippen molar-refractivity contribution in [2.24, 2.45) is 0 Å². The number of nitrogens with one attached hydrogen (secondary N) is 1. The molecule has 1 unspecified atom stereocenters. The van der Waals surface area contributed by atoms with Crippen LogP contribution in [0.2, 0.25) is 0 Å². The zero-order valence-electron chi connectivity index (χ0n) is 22.5. The lowest BCUT2D eigenvalue weighted by Gasteiger charge is -2.36. The van der Waals surface area contributed by atoms with Crippen molar-refractivity contribution in [2.75, 3.05) is 56.2 Å². The fourth-order valence-electron chi connectivity index (χ4n) is 5.27. The van der Waals surface area contributed by atoms with Crippen molar-refractivity contribution < 1.29 is 19.2 Å². The Morgan fingerprint density at radius 3 is 2.50 bits per heavy atom. The van der Waals surface area contributed by atoms with Crippen LogP contribution in [-0.2, 0) is 4.74 Å². The normalized spacial score (nSPS) is 16.7. The van der Waals surface area contributed by atoms with Gasteiger partial charge in [0.25, 0.3) is 17.5 Å². The molecule has 5 rings (SSSR count). The summed E-state index contributed by atoms with van der Waals surface area (Å²) in [5.41, 5.74) is 3.91. The Kier molecular flexibility index (Phi) is 8.26. The average molecular weight is 544 g/mol. The summed E-state index contributed by atoms with van der Waals surface area (Å²) >= 11 is 0. The minimum Gasteiger partial charge on any atom is -0.382 e. The molecule has 0 bridgehead atoms. The van der Waals surface area contributed by atoms with Crippen molar-refractivity contribution in [1.29, 1.82) is 0 Å². The second-order valence-electron chi connectivity index (χ2n) is 9.82. The molecule has 2 aliphatic heterocycles. The highest BCUT2D eigenvalue weighted by molar-refractivity contribution is 5.99. The van der Waals surface area contributed by atoms with Crippen LogP contribution in [0.1, 0.15) is 45.8 Å². The van der Waals surface area contributed by atoms with Crippen LogP contribution in [0.5, 0.6) is 0 Å². The highest BCUT2D eigenvalue weighted by Gasteiger charge is 2.36. The third-order valence-corrected chi connectivity index (χ3v) is 7.36. The van der Waals surface area contributed by atoms with Crippen molar-refractivity contribution in [1.82, 2.24) is 9.80 Å². The van der Waals surface area contributed by atoms with Crippen LogP contribution in [0.25, 0.3) is 0 Å². The summed E-state index contributed by atoms with van der Waals surface area (Å²) in [7, 11) is 0. The van der Waals surface area contributed by atoms with Gasteiger partial charge in [0.1, 0.15) is 6.17 Å². The number of nitro benzene ring substituents is 1.